The summed E-state index contributed by atoms with van der Waals surface area (Å²) in [5.74, 6) is -0.0951. The zero-order valence-electron chi connectivity index (χ0n) is 13.4. The topological polar surface area (TPSA) is 32.8 Å². The predicted octanol–water partition coefficient (Wildman–Crippen LogP) is 5.14. The molecule has 0 saturated carbocycles. The summed E-state index contributed by atoms with van der Waals surface area (Å²) in [6, 6.07) is 26.6. The van der Waals surface area contributed by atoms with E-state index in [4.69, 9.17) is 16.3 Å². The highest BCUT2D eigenvalue weighted by Gasteiger charge is 2.49. The molecule has 1 saturated heterocycles. The van der Waals surface area contributed by atoms with Gasteiger partial charge in [0.05, 0.1) is 0 Å². The first-order valence-electron chi connectivity index (χ1n) is 8.09. The van der Waals surface area contributed by atoms with Crippen LogP contribution in [0.25, 0.3) is 0 Å². The van der Waals surface area contributed by atoms with Gasteiger partial charge >= 0.3 is 0 Å². The lowest BCUT2D eigenvalue weighted by Gasteiger charge is -2.22. The molecule has 3 nitrogen and oxygen atoms in total. The Morgan fingerprint density at radius 1 is 0.800 bits per heavy atom. The highest BCUT2D eigenvalue weighted by atomic mass is 35.5. The van der Waals surface area contributed by atoms with E-state index >= 15 is 0 Å². The summed E-state index contributed by atoms with van der Waals surface area (Å²) in [5.41, 5.74) is 2.47. The molecule has 1 fully saturated rings. The molecular weight excluding hydrogens is 334 g/mol. The molecule has 25 heavy (non-hydrogen) atoms. The number of carbonyl (C=O) groups excluding carboxylic acids is 1. The second kappa shape index (κ2) is 6.71. The van der Waals surface area contributed by atoms with Gasteiger partial charge in [-0.3, -0.25) is 9.69 Å². The molecule has 0 unspecified atom stereocenters. The van der Waals surface area contributed by atoms with Gasteiger partial charge < -0.3 is 4.74 Å². The van der Waals surface area contributed by atoms with Gasteiger partial charge in [-0.2, -0.15) is 0 Å². The molecule has 0 N–H and O–H groups in total. The molecule has 4 heteroatoms. The van der Waals surface area contributed by atoms with Crippen molar-refractivity contribution in [3.8, 4) is 0 Å². The van der Waals surface area contributed by atoms with Crippen LogP contribution in [-0.2, 0) is 9.53 Å². The van der Waals surface area contributed by atoms with Crippen LogP contribution < -0.4 is 4.90 Å². The van der Waals surface area contributed by atoms with Gasteiger partial charge in [0.15, 0.2) is 6.10 Å². The minimum absolute atomic E-state index is 0.0951. The molecule has 124 valence electrons. The van der Waals surface area contributed by atoms with Crippen molar-refractivity contribution in [2.24, 2.45) is 0 Å². The minimum Gasteiger partial charge on any atom is -0.354 e. The molecule has 0 spiro atoms. The quantitative estimate of drug-likeness (QED) is 0.610. The second-order valence-electron chi connectivity index (χ2n) is 5.84. The van der Waals surface area contributed by atoms with E-state index in [1.807, 2.05) is 84.9 Å². The summed E-state index contributed by atoms with van der Waals surface area (Å²) >= 11 is 6.24. The van der Waals surface area contributed by atoms with Crippen molar-refractivity contribution < 1.29 is 9.53 Å². The Kier molecular flexibility index (Phi) is 4.26. The number of para-hydroxylation sites is 2. The number of anilines is 2. The summed E-state index contributed by atoms with van der Waals surface area (Å²) < 4.78 is 5.69. The smallest absolute Gasteiger partial charge is 0.263 e. The molecule has 2 atom stereocenters. The standard InChI is InChI=1S/C21H16ClNO2/c22-18-14-8-7-13-17(18)19-20(25-19)21(24)23(15-9-3-1-4-10-15)16-11-5-2-6-12-16/h1-14,19-20H/t19-,20-/m1/s1. The number of carbonyl (C=O) groups is 1. The molecule has 1 aliphatic rings. The largest absolute Gasteiger partial charge is 0.354 e. The highest BCUT2D eigenvalue weighted by molar-refractivity contribution is 6.31. The van der Waals surface area contributed by atoms with Gasteiger partial charge in [-0.25, -0.2) is 0 Å². The van der Waals surface area contributed by atoms with Crippen LogP contribution in [0.4, 0.5) is 11.4 Å². The van der Waals surface area contributed by atoms with E-state index in [1.165, 1.54) is 0 Å². The Morgan fingerprint density at radius 2 is 1.32 bits per heavy atom. The Hall–Kier alpha value is -2.62. The molecule has 1 amide bonds. The van der Waals surface area contributed by atoms with Crippen LogP contribution in [0, 0.1) is 0 Å². The molecule has 4 rings (SSSR count). The fraction of sp³-hybridized carbons (Fsp3) is 0.0952. The van der Waals surface area contributed by atoms with Gasteiger partial charge in [-0.15, -0.1) is 0 Å². The van der Waals surface area contributed by atoms with E-state index in [-0.39, 0.29) is 12.0 Å². The molecule has 3 aromatic carbocycles. The average Bonchev–Trinajstić information content (AvgIpc) is 3.45. The second-order valence-corrected chi connectivity index (χ2v) is 6.25. The number of nitrogens with zero attached hydrogens (tertiary/aromatic N) is 1. The monoisotopic (exact) mass is 349 g/mol. The first-order valence-corrected chi connectivity index (χ1v) is 8.47. The first kappa shape index (κ1) is 15.9. The van der Waals surface area contributed by atoms with E-state index in [1.54, 1.807) is 4.90 Å². The summed E-state index contributed by atoms with van der Waals surface area (Å²) in [6.07, 6.45) is -0.823. The lowest BCUT2D eigenvalue weighted by atomic mass is 10.1. The van der Waals surface area contributed by atoms with Crippen molar-refractivity contribution in [1.82, 2.24) is 0 Å². The molecule has 3 aromatic rings. The van der Waals surface area contributed by atoms with Crippen LogP contribution in [0.3, 0.4) is 0 Å². The molecule has 0 aromatic heterocycles. The van der Waals surface area contributed by atoms with Crippen molar-refractivity contribution in [2.45, 2.75) is 12.2 Å². The van der Waals surface area contributed by atoms with E-state index in [0.717, 1.165) is 16.9 Å². The minimum atomic E-state index is -0.527. The molecule has 1 heterocycles. The van der Waals surface area contributed by atoms with Gasteiger partial charge in [0, 0.05) is 22.0 Å². The SMILES string of the molecule is O=C([C@@H]1O[C@@H]1c1ccccc1Cl)N(c1ccccc1)c1ccccc1. The lowest BCUT2D eigenvalue weighted by Crippen LogP contribution is -2.30. The van der Waals surface area contributed by atoms with Gasteiger partial charge in [0.2, 0.25) is 0 Å². The van der Waals surface area contributed by atoms with Crippen LogP contribution in [0.1, 0.15) is 11.7 Å². The fourth-order valence-electron chi connectivity index (χ4n) is 2.93. The summed E-state index contributed by atoms with van der Waals surface area (Å²) in [5, 5.41) is 0.619. The van der Waals surface area contributed by atoms with Crippen LogP contribution in [0.5, 0.6) is 0 Å². The number of rotatable bonds is 4. The first-order chi connectivity index (χ1) is 12.3. The van der Waals surface area contributed by atoms with Gasteiger partial charge in [0.1, 0.15) is 6.10 Å². The van der Waals surface area contributed by atoms with Crippen LogP contribution in [0.2, 0.25) is 5.02 Å². The highest BCUT2D eigenvalue weighted by Crippen LogP contribution is 2.44. The lowest BCUT2D eigenvalue weighted by molar-refractivity contribution is -0.119. The van der Waals surface area contributed by atoms with E-state index in [9.17, 15) is 4.79 Å². The zero-order chi connectivity index (χ0) is 17.2. The molecule has 0 radical (unpaired) electrons. The summed E-state index contributed by atoms with van der Waals surface area (Å²) in [6.45, 7) is 0. The van der Waals surface area contributed by atoms with Gasteiger partial charge in [0.25, 0.3) is 5.91 Å². The van der Waals surface area contributed by atoms with Crippen LogP contribution in [0.15, 0.2) is 84.9 Å². The van der Waals surface area contributed by atoms with E-state index in [2.05, 4.69) is 0 Å². The number of halogens is 1. The van der Waals surface area contributed by atoms with E-state index in [0.29, 0.717) is 5.02 Å². The molecule has 0 bridgehead atoms. The van der Waals surface area contributed by atoms with Crippen molar-refractivity contribution in [3.63, 3.8) is 0 Å². The van der Waals surface area contributed by atoms with Gasteiger partial charge in [-0.05, 0) is 30.3 Å². The Balaban J connectivity index is 1.65. The molecule has 0 aliphatic carbocycles. The molecule has 1 aliphatic heterocycles. The Bertz CT molecular complexity index is 843. The normalized spacial score (nSPS) is 18.6. The predicted molar refractivity (Wildman–Crippen MR) is 99.1 cm³/mol. The maximum Gasteiger partial charge on any atom is 0.263 e. The summed E-state index contributed by atoms with van der Waals surface area (Å²) in [7, 11) is 0. The number of epoxide rings is 1. The van der Waals surface area contributed by atoms with Crippen molar-refractivity contribution in [1.29, 1.82) is 0 Å². The molecular formula is C21H16ClNO2. The number of hydrogen-bond donors (Lipinski definition) is 0. The van der Waals surface area contributed by atoms with Crippen LogP contribution >= 0.6 is 11.6 Å². The number of hydrogen-bond acceptors (Lipinski definition) is 2. The Morgan fingerprint density at radius 3 is 1.88 bits per heavy atom. The Labute approximate surface area is 151 Å². The average molecular weight is 350 g/mol. The number of ether oxygens (including phenoxy) is 1. The third kappa shape index (κ3) is 3.16. The third-order valence-electron chi connectivity index (χ3n) is 4.20. The zero-order valence-corrected chi connectivity index (χ0v) is 14.1. The van der Waals surface area contributed by atoms with E-state index < -0.39 is 6.10 Å². The van der Waals surface area contributed by atoms with Crippen molar-refractivity contribution >= 4 is 28.9 Å². The maximum atomic E-state index is 13.2. The van der Waals surface area contributed by atoms with Crippen LogP contribution in [-0.4, -0.2) is 12.0 Å². The third-order valence-corrected chi connectivity index (χ3v) is 4.54. The summed E-state index contributed by atoms with van der Waals surface area (Å²) in [4.78, 5) is 14.9. The number of benzene rings is 3. The maximum absolute atomic E-state index is 13.2. The fourth-order valence-corrected chi connectivity index (χ4v) is 3.17. The van der Waals surface area contributed by atoms with Crippen molar-refractivity contribution in [3.05, 3.63) is 95.5 Å². The van der Waals surface area contributed by atoms with Gasteiger partial charge in [-0.1, -0.05) is 66.2 Å². The number of amides is 1. The van der Waals surface area contributed by atoms with Crippen molar-refractivity contribution in [2.75, 3.05) is 4.90 Å².